The maximum absolute atomic E-state index is 11.8. The molecule has 2 unspecified atom stereocenters. The van der Waals surface area contributed by atoms with Crippen LogP contribution in [0.2, 0.25) is 0 Å². The van der Waals surface area contributed by atoms with Crippen LogP contribution in [-0.2, 0) is 19.1 Å². The molecule has 1 aliphatic heterocycles. The van der Waals surface area contributed by atoms with E-state index in [0.717, 1.165) is 0 Å². The summed E-state index contributed by atoms with van der Waals surface area (Å²) in [7, 11) is 0. The molecule has 2 N–H and O–H groups in total. The molecular weight excluding hydrogens is 228 g/mol. The third kappa shape index (κ3) is 3.24. The first-order valence-corrected chi connectivity index (χ1v) is 5.63. The second-order valence-corrected chi connectivity index (χ2v) is 4.13. The van der Waals surface area contributed by atoms with E-state index in [1.165, 1.54) is 0 Å². The molecule has 0 saturated carbocycles. The van der Waals surface area contributed by atoms with Crippen molar-refractivity contribution in [1.29, 1.82) is 0 Å². The van der Waals surface area contributed by atoms with Crippen molar-refractivity contribution in [2.45, 2.75) is 25.9 Å². The molecule has 17 heavy (non-hydrogen) atoms. The first-order valence-electron chi connectivity index (χ1n) is 5.63. The van der Waals surface area contributed by atoms with Crippen LogP contribution in [0.3, 0.4) is 0 Å². The van der Waals surface area contributed by atoms with Gasteiger partial charge in [-0.2, -0.15) is 0 Å². The topological polar surface area (TPSA) is 93.1 Å². The fourth-order valence-electron chi connectivity index (χ4n) is 1.89. The van der Waals surface area contributed by atoms with Crippen LogP contribution in [0.25, 0.3) is 0 Å². The van der Waals surface area contributed by atoms with Crippen molar-refractivity contribution in [3.63, 3.8) is 0 Å². The van der Waals surface area contributed by atoms with Gasteiger partial charge in [-0.05, 0) is 6.92 Å². The van der Waals surface area contributed by atoms with Gasteiger partial charge in [0.05, 0.1) is 25.9 Å². The summed E-state index contributed by atoms with van der Waals surface area (Å²) in [5, 5.41) is 18.8. The Morgan fingerprint density at radius 2 is 2.35 bits per heavy atom. The molecule has 1 fully saturated rings. The van der Waals surface area contributed by atoms with Gasteiger partial charge in [0.1, 0.15) is 0 Å². The number of carbonyl (C=O) groups is 2. The number of aliphatic carboxylic acids is 1. The molecule has 98 valence electrons. The molecule has 1 aliphatic rings. The second kappa shape index (κ2) is 6.09. The van der Waals surface area contributed by atoms with Gasteiger partial charge in [-0.1, -0.05) is 0 Å². The van der Waals surface area contributed by atoms with E-state index in [4.69, 9.17) is 9.47 Å². The quantitative estimate of drug-likeness (QED) is 0.632. The van der Waals surface area contributed by atoms with E-state index in [1.54, 1.807) is 6.92 Å². The van der Waals surface area contributed by atoms with Crippen LogP contribution in [-0.4, -0.2) is 54.5 Å². The normalized spacial score (nSPS) is 26.8. The van der Waals surface area contributed by atoms with Crippen molar-refractivity contribution in [2.75, 3.05) is 26.4 Å². The Morgan fingerprint density at radius 1 is 1.65 bits per heavy atom. The summed E-state index contributed by atoms with van der Waals surface area (Å²) in [6, 6.07) is 0. The van der Waals surface area contributed by atoms with Gasteiger partial charge in [-0.15, -0.1) is 0 Å². The number of carboxylic acids is 1. The lowest BCUT2D eigenvalue weighted by Gasteiger charge is -2.32. The largest absolute Gasteiger partial charge is 0.480 e. The number of aliphatic hydroxyl groups is 1. The predicted molar refractivity (Wildman–Crippen MR) is 57.6 cm³/mol. The SMILES string of the molecule is CCOCC(O)CC1(C(=O)O)COCCC1=O. The number of aliphatic hydroxyl groups excluding tert-OH is 1. The number of Topliss-reactive ketones (excluding diaryl/α,β-unsaturated/α-hetero) is 1. The van der Waals surface area contributed by atoms with E-state index in [1.807, 2.05) is 0 Å². The minimum Gasteiger partial charge on any atom is -0.480 e. The van der Waals surface area contributed by atoms with E-state index >= 15 is 0 Å². The van der Waals surface area contributed by atoms with E-state index in [9.17, 15) is 19.8 Å². The van der Waals surface area contributed by atoms with E-state index in [-0.39, 0.29) is 38.4 Å². The zero-order valence-corrected chi connectivity index (χ0v) is 9.85. The first kappa shape index (κ1) is 14.1. The molecule has 0 aliphatic carbocycles. The maximum atomic E-state index is 11.8. The summed E-state index contributed by atoms with van der Waals surface area (Å²) < 4.78 is 10.1. The number of rotatable bonds is 6. The Bertz CT molecular complexity index is 290. The summed E-state index contributed by atoms with van der Waals surface area (Å²) >= 11 is 0. The van der Waals surface area contributed by atoms with Gasteiger partial charge < -0.3 is 19.7 Å². The number of ketones is 1. The molecule has 0 radical (unpaired) electrons. The van der Waals surface area contributed by atoms with Gasteiger partial charge in [-0.25, -0.2) is 0 Å². The number of carbonyl (C=O) groups excluding carboxylic acids is 1. The predicted octanol–water partition coefficient (Wildman–Crippen LogP) is -0.166. The zero-order chi connectivity index (χ0) is 12.9. The molecule has 1 heterocycles. The molecule has 2 atom stereocenters. The van der Waals surface area contributed by atoms with Gasteiger partial charge in [0.25, 0.3) is 0 Å². The van der Waals surface area contributed by atoms with Crippen LogP contribution in [0.1, 0.15) is 19.8 Å². The Kier molecular flexibility index (Phi) is 5.04. The van der Waals surface area contributed by atoms with Crippen LogP contribution in [0.4, 0.5) is 0 Å². The monoisotopic (exact) mass is 246 g/mol. The van der Waals surface area contributed by atoms with Crippen LogP contribution in [0, 0.1) is 5.41 Å². The standard InChI is InChI=1S/C11H18O6/c1-2-16-6-8(12)5-11(10(14)15)7-17-4-3-9(11)13/h8,12H,2-7H2,1H3,(H,14,15). The summed E-state index contributed by atoms with van der Waals surface area (Å²) in [4.78, 5) is 23.0. The number of hydrogen-bond acceptors (Lipinski definition) is 5. The molecule has 0 amide bonds. The molecule has 0 aromatic heterocycles. The fraction of sp³-hybridized carbons (Fsp3) is 0.818. The van der Waals surface area contributed by atoms with Crippen molar-refractivity contribution in [2.24, 2.45) is 5.41 Å². The average Bonchev–Trinajstić information content (AvgIpc) is 2.29. The highest BCUT2D eigenvalue weighted by Crippen LogP contribution is 2.31. The minimum absolute atomic E-state index is 0.0266. The van der Waals surface area contributed by atoms with E-state index < -0.39 is 17.5 Å². The third-order valence-corrected chi connectivity index (χ3v) is 2.86. The van der Waals surface area contributed by atoms with Crippen LogP contribution in [0.5, 0.6) is 0 Å². The first-order chi connectivity index (χ1) is 8.03. The molecule has 6 heteroatoms. The fourth-order valence-corrected chi connectivity index (χ4v) is 1.89. The lowest BCUT2D eigenvalue weighted by molar-refractivity contribution is -0.168. The molecule has 6 nitrogen and oxygen atoms in total. The number of hydrogen-bond donors (Lipinski definition) is 2. The Balaban J connectivity index is 2.71. The molecule has 1 rings (SSSR count). The summed E-state index contributed by atoms with van der Waals surface area (Å²) in [5.74, 6) is -1.62. The van der Waals surface area contributed by atoms with Gasteiger partial charge in [-0.3, -0.25) is 9.59 Å². The van der Waals surface area contributed by atoms with E-state index in [0.29, 0.717) is 6.61 Å². The highest BCUT2D eigenvalue weighted by Gasteiger charge is 2.49. The molecule has 0 aromatic carbocycles. The second-order valence-electron chi connectivity index (χ2n) is 4.13. The Hall–Kier alpha value is -0.980. The van der Waals surface area contributed by atoms with Crippen molar-refractivity contribution in [1.82, 2.24) is 0 Å². The number of carboxylic acid groups (broad SMARTS) is 1. The highest BCUT2D eigenvalue weighted by atomic mass is 16.5. The summed E-state index contributed by atoms with van der Waals surface area (Å²) in [6.45, 7) is 2.30. The number of ether oxygens (including phenoxy) is 2. The summed E-state index contributed by atoms with van der Waals surface area (Å²) in [5.41, 5.74) is -1.62. The van der Waals surface area contributed by atoms with Crippen LogP contribution in [0.15, 0.2) is 0 Å². The average molecular weight is 246 g/mol. The van der Waals surface area contributed by atoms with Crippen molar-refractivity contribution in [3.8, 4) is 0 Å². The molecule has 0 spiro atoms. The van der Waals surface area contributed by atoms with Crippen molar-refractivity contribution >= 4 is 11.8 Å². The molecular formula is C11H18O6. The van der Waals surface area contributed by atoms with Crippen molar-refractivity contribution in [3.05, 3.63) is 0 Å². The lowest BCUT2D eigenvalue weighted by Crippen LogP contribution is -2.49. The van der Waals surface area contributed by atoms with Gasteiger partial charge in [0, 0.05) is 19.4 Å². The molecule has 0 aromatic rings. The summed E-state index contributed by atoms with van der Waals surface area (Å²) in [6.07, 6.45) is -1.06. The third-order valence-electron chi connectivity index (χ3n) is 2.86. The lowest BCUT2D eigenvalue weighted by atomic mass is 9.76. The molecule has 1 saturated heterocycles. The Labute approximate surface area is 99.5 Å². The van der Waals surface area contributed by atoms with Gasteiger partial charge in [0.2, 0.25) is 0 Å². The van der Waals surface area contributed by atoms with Crippen molar-refractivity contribution < 1.29 is 29.3 Å². The van der Waals surface area contributed by atoms with Gasteiger partial charge >= 0.3 is 5.97 Å². The maximum Gasteiger partial charge on any atom is 0.319 e. The molecule has 0 bridgehead atoms. The Morgan fingerprint density at radius 3 is 2.88 bits per heavy atom. The van der Waals surface area contributed by atoms with Crippen LogP contribution >= 0.6 is 0 Å². The highest BCUT2D eigenvalue weighted by molar-refractivity contribution is 6.03. The minimum atomic E-state index is -1.62. The van der Waals surface area contributed by atoms with Crippen LogP contribution < -0.4 is 0 Å². The van der Waals surface area contributed by atoms with Gasteiger partial charge in [0.15, 0.2) is 11.2 Å². The van der Waals surface area contributed by atoms with E-state index in [2.05, 4.69) is 0 Å². The zero-order valence-electron chi connectivity index (χ0n) is 9.85. The smallest absolute Gasteiger partial charge is 0.319 e.